The molecule has 0 heterocycles. The predicted molar refractivity (Wildman–Crippen MR) is 112 cm³/mol. The molecule has 0 unspecified atom stereocenters. The maximum absolute atomic E-state index is 12.1. The SMILES string of the molecule is CC(=O)N(C)c1ccc(NC(=O)COc2ccc(C(C)(C)C)cc2Br)cc1. The minimum absolute atomic E-state index is 0.0427. The fraction of sp³-hybridized carbons (Fsp3) is 0.333. The lowest BCUT2D eigenvalue weighted by Gasteiger charge is -2.20. The molecule has 2 aromatic carbocycles. The average Bonchev–Trinajstić information content (AvgIpc) is 2.59. The van der Waals surface area contributed by atoms with Crippen LogP contribution in [0.15, 0.2) is 46.9 Å². The van der Waals surface area contributed by atoms with Gasteiger partial charge in [0.05, 0.1) is 4.47 Å². The van der Waals surface area contributed by atoms with Crippen LogP contribution in [0.2, 0.25) is 0 Å². The molecule has 2 aromatic rings. The van der Waals surface area contributed by atoms with Crippen LogP contribution < -0.4 is 15.0 Å². The van der Waals surface area contributed by atoms with Gasteiger partial charge in [0.2, 0.25) is 5.91 Å². The Balaban J connectivity index is 1.94. The summed E-state index contributed by atoms with van der Waals surface area (Å²) >= 11 is 3.50. The molecule has 0 aliphatic heterocycles. The number of carbonyl (C=O) groups excluding carboxylic acids is 2. The second-order valence-electron chi connectivity index (χ2n) is 7.36. The lowest BCUT2D eigenvalue weighted by atomic mass is 9.87. The van der Waals surface area contributed by atoms with Gasteiger partial charge in [-0.25, -0.2) is 0 Å². The number of amides is 2. The van der Waals surface area contributed by atoms with Crippen LogP contribution in [-0.2, 0) is 15.0 Å². The summed E-state index contributed by atoms with van der Waals surface area (Å²) in [5, 5.41) is 2.78. The maximum Gasteiger partial charge on any atom is 0.262 e. The third-order valence-electron chi connectivity index (χ3n) is 4.17. The maximum atomic E-state index is 12.1. The lowest BCUT2D eigenvalue weighted by molar-refractivity contribution is -0.118. The number of carbonyl (C=O) groups is 2. The van der Waals surface area contributed by atoms with Crippen molar-refractivity contribution in [3.8, 4) is 5.75 Å². The van der Waals surface area contributed by atoms with Crippen LogP contribution >= 0.6 is 15.9 Å². The molecule has 27 heavy (non-hydrogen) atoms. The molecule has 0 bridgehead atoms. The Hall–Kier alpha value is -2.34. The van der Waals surface area contributed by atoms with Gasteiger partial charge < -0.3 is 15.0 Å². The van der Waals surface area contributed by atoms with E-state index in [0.717, 1.165) is 10.2 Å². The van der Waals surface area contributed by atoms with Crippen molar-refractivity contribution < 1.29 is 14.3 Å². The van der Waals surface area contributed by atoms with Crippen LogP contribution in [0.5, 0.6) is 5.75 Å². The van der Waals surface area contributed by atoms with E-state index in [0.29, 0.717) is 11.4 Å². The second-order valence-corrected chi connectivity index (χ2v) is 8.21. The van der Waals surface area contributed by atoms with E-state index in [4.69, 9.17) is 4.74 Å². The van der Waals surface area contributed by atoms with Crippen LogP contribution in [0.1, 0.15) is 33.3 Å². The molecule has 0 aromatic heterocycles. The Morgan fingerprint density at radius 1 is 1.11 bits per heavy atom. The predicted octanol–water partition coefficient (Wildman–Crippen LogP) is 4.75. The van der Waals surface area contributed by atoms with Crippen molar-refractivity contribution in [3.05, 3.63) is 52.5 Å². The Kier molecular flexibility index (Phi) is 6.65. The summed E-state index contributed by atoms with van der Waals surface area (Å²) in [7, 11) is 1.70. The van der Waals surface area contributed by atoms with Crippen molar-refractivity contribution >= 4 is 39.1 Å². The summed E-state index contributed by atoms with van der Waals surface area (Å²) in [4.78, 5) is 25.0. The molecule has 0 saturated heterocycles. The van der Waals surface area contributed by atoms with Crippen LogP contribution in [0.4, 0.5) is 11.4 Å². The summed E-state index contributed by atoms with van der Waals surface area (Å²) in [5.41, 5.74) is 2.63. The summed E-state index contributed by atoms with van der Waals surface area (Å²) in [6.07, 6.45) is 0. The topological polar surface area (TPSA) is 58.6 Å². The van der Waals surface area contributed by atoms with E-state index < -0.39 is 0 Å². The Morgan fingerprint density at radius 3 is 2.26 bits per heavy atom. The minimum Gasteiger partial charge on any atom is -0.483 e. The Bertz CT molecular complexity index is 826. The van der Waals surface area contributed by atoms with Crippen LogP contribution in [0.25, 0.3) is 0 Å². The summed E-state index contributed by atoms with van der Waals surface area (Å²) in [5.74, 6) is 0.314. The molecule has 6 heteroatoms. The van der Waals surface area contributed by atoms with E-state index in [2.05, 4.69) is 42.0 Å². The molecular weight excluding hydrogens is 408 g/mol. The highest BCUT2D eigenvalue weighted by Gasteiger charge is 2.15. The van der Waals surface area contributed by atoms with Gasteiger partial charge in [-0.05, 0) is 63.3 Å². The van der Waals surface area contributed by atoms with Crippen LogP contribution in [-0.4, -0.2) is 25.5 Å². The van der Waals surface area contributed by atoms with E-state index >= 15 is 0 Å². The Morgan fingerprint density at radius 2 is 1.74 bits per heavy atom. The lowest BCUT2D eigenvalue weighted by Crippen LogP contribution is -2.23. The molecule has 0 fully saturated rings. The third kappa shape index (κ3) is 5.82. The fourth-order valence-electron chi connectivity index (χ4n) is 2.37. The number of rotatable bonds is 5. The number of hydrogen-bond acceptors (Lipinski definition) is 3. The highest BCUT2D eigenvalue weighted by atomic mass is 79.9. The van der Waals surface area contributed by atoms with Gasteiger partial charge in [-0.2, -0.15) is 0 Å². The average molecular weight is 433 g/mol. The van der Waals surface area contributed by atoms with Crippen LogP contribution in [0.3, 0.4) is 0 Å². The van der Waals surface area contributed by atoms with E-state index in [1.807, 2.05) is 18.2 Å². The van der Waals surface area contributed by atoms with Gasteiger partial charge in [-0.3, -0.25) is 9.59 Å². The molecule has 2 rings (SSSR count). The number of nitrogens with zero attached hydrogens (tertiary/aromatic N) is 1. The van der Waals surface area contributed by atoms with Gasteiger partial charge in [0.25, 0.3) is 5.91 Å². The van der Waals surface area contributed by atoms with Gasteiger partial charge in [-0.15, -0.1) is 0 Å². The highest BCUT2D eigenvalue weighted by molar-refractivity contribution is 9.10. The van der Waals surface area contributed by atoms with Crippen LogP contribution in [0, 0.1) is 0 Å². The summed E-state index contributed by atoms with van der Waals surface area (Å²) in [6.45, 7) is 7.83. The zero-order valence-electron chi connectivity index (χ0n) is 16.3. The molecule has 0 aliphatic carbocycles. The quantitative estimate of drug-likeness (QED) is 0.741. The van der Waals surface area contributed by atoms with Crippen molar-refractivity contribution in [1.29, 1.82) is 0 Å². The monoisotopic (exact) mass is 432 g/mol. The normalized spacial score (nSPS) is 11.0. The molecule has 2 amide bonds. The first-order valence-corrected chi connectivity index (χ1v) is 9.44. The molecule has 144 valence electrons. The molecule has 1 N–H and O–H groups in total. The standard InChI is InChI=1S/C21H25BrN2O3/c1-14(25)24(5)17-9-7-16(8-10-17)23-20(26)13-27-19-11-6-15(12-18(19)22)21(2,3)4/h6-12H,13H2,1-5H3,(H,23,26). The first-order valence-electron chi connectivity index (χ1n) is 8.65. The van der Waals surface area contributed by atoms with E-state index in [1.54, 1.807) is 31.3 Å². The number of anilines is 2. The molecule has 0 aliphatic rings. The number of nitrogens with one attached hydrogen (secondary N) is 1. The molecule has 0 atom stereocenters. The number of ether oxygens (including phenoxy) is 1. The number of benzene rings is 2. The van der Waals surface area contributed by atoms with E-state index in [-0.39, 0.29) is 23.8 Å². The van der Waals surface area contributed by atoms with Crippen molar-refractivity contribution in [2.75, 3.05) is 23.9 Å². The zero-order valence-corrected chi connectivity index (χ0v) is 17.9. The summed E-state index contributed by atoms with van der Waals surface area (Å²) < 4.78 is 6.44. The van der Waals surface area contributed by atoms with Crippen molar-refractivity contribution in [1.82, 2.24) is 0 Å². The van der Waals surface area contributed by atoms with Gasteiger partial charge in [0.15, 0.2) is 6.61 Å². The Labute approximate surface area is 168 Å². The molecule has 0 radical (unpaired) electrons. The highest BCUT2D eigenvalue weighted by Crippen LogP contribution is 2.31. The second kappa shape index (κ2) is 8.57. The van der Waals surface area contributed by atoms with Gasteiger partial charge in [-0.1, -0.05) is 26.8 Å². The number of halogens is 1. The molecule has 0 spiro atoms. The molecular formula is C21H25BrN2O3. The molecule has 5 nitrogen and oxygen atoms in total. The summed E-state index contributed by atoms with van der Waals surface area (Å²) in [6, 6.07) is 12.9. The zero-order chi connectivity index (χ0) is 20.2. The van der Waals surface area contributed by atoms with Crippen molar-refractivity contribution in [2.24, 2.45) is 0 Å². The minimum atomic E-state index is -0.255. The number of hydrogen-bond donors (Lipinski definition) is 1. The smallest absolute Gasteiger partial charge is 0.262 e. The van der Waals surface area contributed by atoms with Gasteiger partial charge in [0, 0.05) is 25.3 Å². The van der Waals surface area contributed by atoms with Gasteiger partial charge >= 0.3 is 0 Å². The largest absolute Gasteiger partial charge is 0.483 e. The van der Waals surface area contributed by atoms with Crippen molar-refractivity contribution in [2.45, 2.75) is 33.1 Å². The van der Waals surface area contributed by atoms with Gasteiger partial charge in [0.1, 0.15) is 5.75 Å². The third-order valence-corrected chi connectivity index (χ3v) is 4.79. The fourth-order valence-corrected chi connectivity index (χ4v) is 2.87. The first kappa shape index (κ1) is 21.0. The first-order chi connectivity index (χ1) is 12.6. The van der Waals surface area contributed by atoms with E-state index in [9.17, 15) is 9.59 Å². The van der Waals surface area contributed by atoms with Crippen molar-refractivity contribution in [3.63, 3.8) is 0 Å². The van der Waals surface area contributed by atoms with E-state index in [1.165, 1.54) is 17.4 Å². The molecule has 0 saturated carbocycles.